The number of ether oxygens (including phenoxy) is 1. The Labute approximate surface area is 204 Å². The second-order valence-electron chi connectivity index (χ2n) is 8.16. The van der Waals surface area contributed by atoms with Gasteiger partial charge in [0.2, 0.25) is 0 Å². The highest BCUT2D eigenvalue weighted by molar-refractivity contribution is 9.10. The lowest BCUT2D eigenvalue weighted by molar-refractivity contribution is -0.384. The van der Waals surface area contributed by atoms with Gasteiger partial charge in [0.15, 0.2) is 0 Å². The molecule has 0 radical (unpaired) electrons. The molecule has 2 aromatic carbocycles. The first-order valence-corrected chi connectivity index (χ1v) is 11.7. The Bertz CT molecular complexity index is 1130. The number of likely N-dealkylation sites (tertiary alicyclic amines) is 1. The van der Waals surface area contributed by atoms with Crippen molar-refractivity contribution in [3.8, 4) is 0 Å². The fraction of sp³-hybridized carbons (Fsp3) is 0.333. The molecule has 1 atom stereocenters. The van der Waals surface area contributed by atoms with E-state index in [-0.39, 0.29) is 23.6 Å². The SMILES string of the molecule is O=C1C(=O)N(CCCN2CCOCC2)[C@@H](c2cccc([N+](=O)[O-])c2)C1=C(O)c1ccc(Br)cc1. The quantitative estimate of drug-likeness (QED) is 0.192. The number of amides is 1. The minimum Gasteiger partial charge on any atom is -0.507 e. The number of ketones is 1. The first kappa shape index (κ1) is 24.1. The van der Waals surface area contributed by atoms with Crippen LogP contribution in [0.4, 0.5) is 5.69 Å². The topological polar surface area (TPSA) is 113 Å². The van der Waals surface area contributed by atoms with Gasteiger partial charge in [-0.1, -0.05) is 40.2 Å². The van der Waals surface area contributed by atoms with Crippen LogP contribution < -0.4 is 0 Å². The predicted octanol–water partition coefficient (Wildman–Crippen LogP) is 3.50. The summed E-state index contributed by atoms with van der Waals surface area (Å²) in [6, 6.07) is 11.6. The van der Waals surface area contributed by atoms with Gasteiger partial charge >= 0.3 is 0 Å². The Morgan fingerprint density at radius 3 is 2.50 bits per heavy atom. The van der Waals surface area contributed by atoms with E-state index in [1.54, 1.807) is 30.3 Å². The molecule has 0 aliphatic carbocycles. The number of rotatable bonds is 7. The highest BCUT2D eigenvalue weighted by Crippen LogP contribution is 2.40. The Hall–Kier alpha value is -3.08. The second kappa shape index (κ2) is 10.5. The van der Waals surface area contributed by atoms with Gasteiger partial charge in [-0.25, -0.2) is 0 Å². The summed E-state index contributed by atoms with van der Waals surface area (Å²) >= 11 is 3.34. The summed E-state index contributed by atoms with van der Waals surface area (Å²) in [4.78, 5) is 40.6. The zero-order chi connectivity index (χ0) is 24.2. The molecule has 178 valence electrons. The number of aliphatic hydroxyl groups excluding tert-OH is 1. The van der Waals surface area contributed by atoms with Gasteiger partial charge in [0.25, 0.3) is 17.4 Å². The first-order chi connectivity index (χ1) is 16.4. The third-order valence-corrected chi connectivity index (χ3v) is 6.56. The van der Waals surface area contributed by atoms with Gasteiger partial charge in [0, 0.05) is 48.3 Å². The van der Waals surface area contributed by atoms with Gasteiger partial charge in [-0.05, 0) is 24.1 Å². The van der Waals surface area contributed by atoms with Gasteiger partial charge in [-0.2, -0.15) is 0 Å². The smallest absolute Gasteiger partial charge is 0.295 e. The van der Waals surface area contributed by atoms with Gasteiger partial charge in [0.05, 0.1) is 29.8 Å². The summed E-state index contributed by atoms with van der Waals surface area (Å²) in [6.45, 7) is 3.91. The van der Waals surface area contributed by atoms with Crippen molar-refractivity contribution in [2.24, 2.45) is 0 Å². The largest absolute Gasteiger partial charge is 0.507 e. The fourth-order valence-electron chi connectivity index (χ4n) is 4.32. The van der Waals surface area contributed by atoms with E-state index < -0.39 is 22.7 Å². The van der Waals surface area contributed by atoms with Crippen molar-refractivity contribution in [2.45, 2.75) is 12.5 Å². The lowest BCUT2D eigenvalue weighted by atomic mass is 9.95. The number of nitro groups is 1. The van der Waals surface area contributed by atoms with Gasteiger partial charge in [0.1, 0.15) is 5.76 Å². The predicted molar refractivity (Wildman–Crippen MR) is 128 cm³/mol. The van der Waals surface area contributed by atoms with Crippen LogP contribution in [0.2, 0.25) is 0 Å². The minimum absolute atomic E-state index is 0.0702. The average molecular weight is 530 g/mol. The van der Waals surface area contributed by atoms with Crippen LogP contribution >= 0.6 is 15.9 Å². The number of carbonyl (C=O) groups excluding carboxylic acids is 2. The second-order valence-corrected chi connectivity index (χ2v) is 9.07. The van der Waals surface area contributed by atoms with Crippen LogP contribution in [-0.2, 0) is 14.3 Å². The Balaban J connectivity index is 1.70. The summed E-state index contributed by atoms with van der Waals surface area (Å²) in [5.41, 5.74) is 0.558. The van der Waals surface area contributed by atoms with E-state index in [0.29, 0.717) is 30.8 Å². The number of morpholine rings is 1. The number of halogens is 1. The number of benzene rings is 2. The third kappa shape index (κ3) is 5.03. The van der Waals surface area contributed by atoms with Crippen molar-refractivity contribution < 1.29 is 24.4 Å². The van der Waals surface area contributed by atoms with E-state index in [9.17, 15) is 24.8 Å². The summed E-state index contributed by atoms with van der Waals surface area (Å²) in [7, 11) is 0. The summed E-state index contributed by atoms with van der Waals surface area (Å²) in [5.74, 6) is -1.83. The number of aliphatic hydroxyl groups is 1. The number of Topliss-reactive ketones (excluding diaryl/α,β-unsaturated/α-hetero) is 1. The van der Waals surface area contributed by atoms with Crippen LogP contribution in [0.5, 0.6) is 0 Å². The molecule has 2 saturated heterocycles. The highest BCUT2D eigenvalue weighted by Gasteiger charge is 2.46. The van der Waals surface area contributed by atoms with E-state index in [1.165, 1.54) is 23.1 Å². The molecule has 2 heterocycles. The van der Waals surface area contributed by atoms with E-state index in [1.807, 2.05) is 0 Å². The average Bonchev–Trinajstić information content (AvgIpc) is 3.10. The monoisotopic (exact) mass is 529 g/mol. The van der Waals surface area contributed by atoms with Gasteiger partial charge in [-0.3, -0.25) is 24.6 Å². The number of hydrogen-bond donors (Lipinski definition) is 1. The molecule has 0 unspecified atom stereocenters. The van der Waals surface area contributed by atoms with Crippen LogP contribution in [0.25, 0.3) is 5.76 Å². The maximum Gasteiger partial charge on any atom is 0.295 e. The van der Waals surface area contributed by atoms with E-state index in [0.717, 1.165) is 24.1 Å². The van der Waals surface area contributed by atoms with Crippen LogP contribution in [0.1, 0.15) is 23.6 Å². The van der Waals surface area contributed by atoms with Crippen molar-refractivity contribution in [2.75, 3.05) is 39.4 Å². The summed E-state index contributed by atoms with van der Waals surface area (Å²) < 4.78 is 6.16. The van der Waals surface area contributed by atoms with Crippen LogP contribution in [0.15, 0.2) is 58.6 Å². The molecule has 2 fully saturated rings. The van der Waals surface area contributed by atoms with Crippen molar-refractivity contribution in [1.29, 1.82) is 0 Å². The fourth-order valence-corrected chi connectivity index (χ4v) is 4.58. The molecule has 1 N–H and O–H groups in total. The molecule has 2 aliphatic rings. The standard InChI is InChI=1S/C24H24BrN3O6/c25-18-7-5-16(6-8-18)22(29)20-21(17-3-1-4-19(15-17)28(32)33)27(24(31)23(20)30)10-2-9-26-11-13-34-14-12-26/h1,3-8,15,21,29H,2,9-14H2/t21-/m0/s1. The molecule has 4 rings (SSSR count). The third-order valence-electron chi connectivity index (χ3n) is 6.03. The molecule has 0 saturated carbocycles. The van der Waals surface area contributed by atoms with Gasteiger partial charge in [-0.15, -0.1) is 0 Å². The van der Waals surface area contributed by atoms with Gasteiger partial charge < -0.3 is 14.7 Å². The van der Waals surface area contributed by atoms with Crippen molar-refractivity contribution in [3.63, 3.8) is 0 Å². The molecule has 34 heavy (non-hydrogen) atoms. The van der Waals surface area contributed by atoms with E-state index >= 15 is 0 Å². The Morgan fingerprint density at radius 2 is 1.82 bits per heavy atom. The lowest BCUT2D eigenvalue weighted by Gasteiger charge is -2.29. The highest BCUT2D eigenvalue weighted by atomic mass is 79.9. The van der Waals surface area contributed by atoms with Crippen molar-refractivity contribution in [1.82, 2.24) is 9.80 Å². The maximum absolute atomic E-state index is 13.1. The van der Waals surface area contributed by atoms with Crippen molar-refractivity contribution >= 4 is 39.1 Å². The molecular weight excluding hydrogens is 506 g/mol. The maximum atomic E-state index is 13.1. The number of non-ortho nitro benzene ring substituents is 1. The van der Waals surface area contributed by atoms with E-state index in [2.05, 4.69) is 20.8 Å². The molecule has 0 aromatic heterocycles. The Kier molecular flexibility index (Phi) is 7.40. The normalized spacial score (nSPS) is 20.6. The van der Waals surface area contributed by atoms with Crippen molar-refractivity contribution in [3.05, 3.63) is 79.8 Å². The molecule has 1 amide bonds. The molecular formula is C24H24BrN3O6. The summed E-state index contributed by atoms with van der Waals surface area (Å²) in [5, 5.41) is 22.4. The zero-order valence-corrected chi connectivity index (χ0v) is 19.9. The molecule has 10 heteroatoms. The number of nitro benzene ring substituents is 1. The van der Waals surface area contributed by atoms with Crippen LogP contribution in [0, 0.1) is 10.1 Å². The first-order valence-electron chi connectivity index (χ1n) is 11.0. The molecule has 0 spiro atoms. The minimum atomic E-state index is -0.923. The number of hydrogen-bond acceptors (Lipinski definition) is 7. The molecule has 2 aromatic rings. The zero-order valence-electron chi connectivity index (χ0n) is 18.4. The summed E-state index contributed by atoms with van der Waals surface area (Å²) in [6.07, 6.45) is 0.608. The molecule has 2 aliphatic heterocycles. The van der Waals surface area contributed by atoms with Crippen LogP contribution in [0.3, 0.4) is 0 Å². The Morgan fingerprint density at radius 1 is 1.12 bits per heavy atom. The number of nitrogens with zero attached hydrogens (tertiary/aromatic N) is 3. The van der Waals surface area contributed by atoms with Crippen LogP contribution in [-0.4, -0.2) is 70.9 Å². The number of carbonyl (C=O) groups is 2. The van der Waals surface area contributed by atoms with E-state index in [4.69, 9.17) is 4.74 Å². The molecule has 0 bridgehead atoms. The lowest BCUT2D eigenvalue weighted by Crippen LogP contribution is -2.39. The molecule has 9 nitrogen and oxygen atoms in total.